The van der Waals surface area contributed by atoms with E-state index < -0.39 is 0 Å². The van der Waals surface area contributed by atoms with Crippen LogP contribution in [-0.4, -0.2) is 36.0 Å². The quantitative estimate of drug-likeness (QED) is 0.599. The summed E-state index contributed by atoms with van der Waals surface area (Å²) in [5.41, 5.74) is 8.25. The number of nitrogens with two attached hydrogens (primary N) is 1. The largest absolute Gasteiger partial charge is 0.370 e. The van der Waals surface area contributed by atoms with Crippen molar-refractivity contribution in [2.45, 2.75) is 53.1 Å². The van der Waals surface area contributed by atoms with Gasteiger partial charge in [0.15, 0.2) is 5.96 Å². The molecule has 1 aromatic carbocycles. The standard InChI is InChI=1S/C17H30N4/c1-6-15-8-7-9-16(12-15)20-17(18)19-10-11-21(13(2)3)14(4)5/h7-9,12-14H,6,10-11H2,1-5H3,(H3,18,19,20). The summed E-state index contributed by atoms with van der Waals surface area (Å²) in [6, 6.07) is 9.31. The van der Waals surface area contributed by atoms with Crippen LogP contribution in [0.1, 0.15) is 40.2 Å². The number of hydrogen-bond acceptors (Lipinski definition) is 2. The molecule has 4 heteroatoms. The number of nitrogens with one attached hydrogen (secondary N) is 1. The van der Waals surface area contributed by atoms with Gasteiger partial charge >= 0.3 is 0 Å². The number of rotatable bonds is 7. The van der Waals surface area contributed by atoms with E-state index in [2.05, 4.69) is 62.0 Å². The van der Waals surface area contributed by atoms with Crippen LogP contribution in [0.4, 0.5) is 5.69 Å². The summed E-state index contributed by atoms with van der Waals surface area (Å²) in [6.07, 6.45) is 1.02. The Balaban J connectivity index is 2.52. The maximum Gasteiger partial charge on any atom is 0.193 e. The minimum absolute atomic E-state index is 0.482. The molecule has 0 aliphatic rings. The highest BCUT2D eigenvalue weighted by Crippen LogP contribution is 2.10. The van der Waals surface area contributed by atoms with Gasteiger partial charge in [-0.15, -0.1) is 0 Å². The molecule has 0 atom stereocenters. The fourth-order valence-corrected chi connectivity index (χ4v) is 2.46. The zero-order chi connectivity index (χ0) is 15.8. The molecule has 0 fully saturated rings. The van der Waals surface area contributed by atoms with Crippen LogP contribution in [0.5, 0.6) is 0 Å². The summed E-state index contributed by atoms with van der Waals surface area (Å²) in [5.74, 6) is 0.482. The SMILES string of the molecule is CCc1cccc(NC(N)=NCCN(C(C)C)C(C)C)c1. The molecule has 118 valence electrons. The predicted molar refractivity (Wildman–Crippen MR) is 92.9 cm³/mol. The molecule has 21 heavy (non-hydrogen) atoms. The first kappa shape index (κ1) is 17.5. The number of aryl methyl sites for hydroxylation is 1. The Labute approximate surface area is 129 Å². The van der Waals surface area contributed by atoms with E-state index in [9.17, 15) is 0 Å². The highest BCUT2D eigenvalue weighted by atomic mass is 15.2. The number of benzene rings is 1. The minimum atomic E-state index is 0.482. The van der Waals surface area contributed by atoms with Crippen LogP contribution < -0.4 is 11.1 Å². The first-order chi connectivity index (χ1) is 9.93. The Bertz CT molecular complexity index is 444. The van der Waals surface area contributed by atoms with Crippen molar-refractivity contribution in [1.29, 1.82) is 0 Å². The molecule has 0 unspecified atom stereocenters. The second kappa shape index (κ2) is 8.67. The van der Waals surface area contributed by atoms with E-state index >= 15 is 0 Å². The zero-order valence-corrected chi connectivity index (χ0v) is 14.1. The third-order valence-electron chi connectivity index (χ3n) is 3.57. The van der Waals surface area contributed by atoms with Crippen molar-refractivity contribution < 1.29 is 0 Å². The van der Waals surface area contributed by atoms with Gasteiger partial charge in [0.1, 0.15) is 0 Å². The normalized spacial score (nSPS) is 12.5. The fourth-order valence-electron chi connectivity index (χ4n) is 2.46. The van der Waals surface area contributed by atoms with Crippen LogP contribution in [0.3, 0.4) is 0 Å². The maximum absolute atomic E-state index is 5.96. The smallest absolute Gasteiger partial charge is 0.193 e. The second-order valence-corrected chi connectivity index (χ2v) is 5.87. The van der Waals surface area contributed by atoms with E-state index in [1.165, 1.54) is 5.56 Å². The average molecular weight is 290 g/mol. The fraction of sp³-hybridized carbons (Fsp3) is 0.588. The van der Waals surface area contributed by atoms with Crippen LogP contribution in [0.15, 0.2) is 29.3 Å². The molecule has 0 radical (unpaired) electrons. The lowest BCUT2D eigenvalue weighted by molar-refractivity contribution is 0.181. The Morgan fingerprint density at radius 3 is 2.48 bits per heavy atom. The van der Waals surface area contributed by atoms with E-state index in [0.717, 1.165) is 18.7 Å². The molecule has 0 saturated carbocycles. The summed E-state index contributed by atoms with van der Waals surface area (Å²) < 4.78 is 0. The molecule has 4 nitrogen and oxygen atoms in total. The lowest BCUT2D eigenvalue weighted by Crippen LogP contribution is -2.39. The third kappa shape index (κ3) is 6.17. The highest BCUT2D eigenvalue weighted by Gasteiger charge is 2.12. The molecule has 0 saturated heterocycles. The third-order valence-corrected chi connectivity index (χ3v) is 3.57. The topological polar surface area (TPSA) is 53.6 Å². The zero-order valence-electron chi connectivity index (χ0n) is 14.1. The average Bonchev–Trinajstić information content (AvgIpc) is 2.42. The van der Waals surface area contributed by atoms with E-state index in [1.807, 2.05) is 12.1 Å². The first-order valence-electron chi connectivity index (χ1n) is 7.85. The van der Waals surface area contributed by atoms with E-state index in [4.69, 9.17) is 5.73 Å². The Kier molecular flexibility index (Phi) is 7.23. The van der Waals surface area contributed by atoms with Crippen molar-refractivity contribution in [2.75, 3.05) is 18.4 Å². The summed E-state index contributed by atoms with van der Waals surface area (Å²) >= 11 is 0. The molecular weight excluding hydrogens is 260 g/mol. The summed E-state index contributed by atoms with van der Waals surface area (Å²) in [4.78, 5) is 6.83. The van der Waals surface area contributed by atoms with Gasteiger partial charge in [-0.2, -0.15) is 0 Å². The van der Waals surface area contributed by atoms with Gasteiger partial charge in [-0.25, -0.2) is 0 Å². The van der Waals surface area contributed by atoms with Gasteiger partial charge in [-0.05, 0) is 51.8 Å². The van der Waals surface area contributed by atoms with Crippen molar-refractivity contribution in [1.82, 2.24) is 4.90 Å². The Morgan fingerprint density at radius 2 is 1.90 bits per heavy atom. The number of aliphatic imine (C=N–C) groups is 1. The molecule has 0 spiro atoms. The number of anilines is 1. The lowest BCUT2D eigenvalue weighted by Gasteiger charge is -2.29. The second-order valence-electron chi connectivity index (χ2n) is 5.87. The van der Waals surface area contributed by atoms with Gasteiger partial charge in [-0.1, -0.05) is 19.1 Å². The van der Waals surface area contributed by atoms with Gasteiger partial charge in [0.05, 0.1) is 6.54 Å². The highest BCUT2D eigenvalue weighted by molar-refractivity contribution is 5.92. The summed E-state index contributed by atoms with van der Waals surface area (Å²) in [6.45, 7) is 12.6. The Hall–Kier alpha value is -1.55. The van der Waals surface area contributed by atoms with Gasteiger partial charge in [0.2, 0.25) is 0 Å². The van der Waals surface area contributed by atoms with Crippen molar-refractivity contribution in [3.63, 3.8) is 0 Å². The van der Waals surface area contributed by atoms with Crippen molar-refractivity contribution in [3.05, 3.63) is 29.8 Å². The van der Waals surface area contributed by atoms with Crippen molar-refractivity contribution >= 4 is 11.6 Å². The van der Waals surface area contributed by atoms with Crippen LogP contribution in [0.2, 0.25) is 0 Å². The molecule has 0 heterocycles. The van der Waals surface area contributed by atoms with Crippen molar-refractivity contribution in [3.8, 4) is 0 Å². The van der Waals surface area contributed by atoms with Crippen LogP contribution in [0, 0.1) is 0 Å². The summed E-state index contributed by atoms with van der Waals surface area (Å²) in [5, 5.41) is 3.16. The number of guanidine groups is 1. The molecule has 0 bridgehead atoms. The first-order valence-corrected chi connectivity index (χ1v) is 7.85. The van der Waals surface area contributed by atoms with Crippen LogP contribution in [0.25, 0.3) is 0 Å². The minimum Gasteiger partial charge on any atom is -0.370 e. The molecular formula is C17H30N4. The van der Waals surface area contributed by atoms with Gasteiger partial charge < -0.3 is 11.1 Å². The van der Waals surface area contributed by atoms with E-state index in [1.54, 1.807) is 0 Å². The molecule has 0 amide bonds. The van der Waals surface area contributed by atoms with E-state index in [0.29, 0.717) is 24.6 Å². The Morgan fingerprint density at radius 1 is 1.24 bits per heavy atom. The van der Waals surface area contributed by atoms with Gasteiger partial charge in [0, 0.05) is 24.3 Å². The molecule has 1 rings (SSSR count). The monoisotopic (exact) mass is 290 g/mol. The number of nitrogens with zero attached hydrogens (tertiary/aromatic N) is 2. The predicted octanol–water partition coefficient (Wildman–Crippen LogP) is 3.09. The van der Waals surface area contributed by atoms with Gasteiger partial charge in [0.25, 0.3) is 0 Å². The van der Waals surface area contributed by atoms with Crippen molar-refractivity contribution in [2.24, 2.45) is 10.7 Å². The maximum atomic E-state index is 5.96. The molecule has 0 aliphatic carbocycles. The molecule has 0 aromatic heterocycles. The molecule has 3 N–H and O–H groups in total. The van der Waals surface area contributed by atoms with Gasteiger partial charge in [-0.3, -0.25) is 9.89 Å². The molecule has 1 aromatic rings. The van der Waals surface area contributed by atoms with Crippen LogP contribution >= 0.6 is 0 Å². The number of hydrogen-bond donors (Lipinski definition) is 2. The summed E-state index contributed by atoms with van der Waals surface area (Å²) in [7, 11) is 0. The van der Waals surface area contributed by atoms with E-state index in [-0.39, 0.29) is 0 Å². The molecule has 0 aliphatic heterocycles. The lowest BCUT2D eigenvalue weighted by atomic mass is 10.1. The van der Waals surface area contributed by atoms with Crippen LogP contribution in [-0.2, 0) is 6.42 Å².